The van der Waals surface area contributed by atoms with E-state index in [2.05, 4.69) is 65.0 Å². The first-order valence-corrected chi connectivity index (χ1v) is 20.1. The molecule has 57 heavy (non-hydrogen) atoms. The lowest BCUT2D eigenvalue weighted by Crippen LogP contribution is -2.35. The molecule has 11 nitrogen and oxygen atoms in total. The van der Waals surface area contributed by atoms with Crippen molar-refractivity contribution in [3.8, 4) is 46.0 Å². The Morgan fingerprint density at radius 2 is 1.67 bits per heavy atom. The number of hydrogen-bond donors (Lipinski definition) is 0. The summed E-state index contributed by atoms with van der Waals surface area (Å²) in [7, 11) is 8.67. The summed E-state index contributed by atoms with van der Waals surface area (Å²) < 4.78 is 46.4. The molecule has 4 aliphatic heterocycles. The van der Waals surface area contributed by atoms with Crippen LogP contribution in [0.25, 0.3) is 0 Å². The molecule has 4 aromatic carbocycles. The molecule has 0 spiro atoms. The van der Waals surface area contributed by atoms with Crippen molar-refractivity contribution < 1.29 is 42.5 Å². The summed E-state index contributed by atoms with van der Waals surface area (Å²) in [6.07, 6.45) is 5.07. The fourth-order valence-corrected chi connectivity index (χ4v) is 9.22. The molecular weight excluding hydrogens is 743 g/mol. The smallest absolute Gasteiger partial charge is 0.350 e. The number of thiazole rings is 1. The van der Waals surface area contributed by atoms with Crippen molar-refractivity contribution in [2.24, 2.45) is 0 Å². The van der Waals surface area contributed by atoms with Crippen LogP contribution < -0.4 is 28.4 Å². The van der Waals surface area contributed by atoms with Crippen LogP contribution in [-0.4, -0.2) is 75.2 Å². The quantitative estimate of drug-likeness (QED) is 0.118. The van der Waals surface area contributed by atoms with E-state index in [1.165, 1.54) is 28.0 Å². The number of hydrogen-bond acceptors (Lipinski definition) is 11. The highest BCUT2D eigenvalue weighted by Crippen LogP contribution is 2.54. The van der Waals surface area contributed by atoms with Gasteiger partial charge in [0.25, 0.3) is 0 Å². The topological polar surface area (TPSA) is 101 Å². The van der Waals surface area contributed by atoms with Crippen molar-refractivity contribution >= 4 is 23.5 Å². The second kappa shape index (κ2) is 16.1. The van der Waals surface area contributed by atoms with Gasteiger partial charge in [-0.1, -0.05) is 18.2 Å². The van der Waals surface area contributed by atoms with Gasteiger partial charge in [-0.2, -0.15) is 0 Å². The van der Waals surface area contributed by atoms with Crippen molar-refractivity contribution in [2.75, 3.05) is 48.6 Å². The van der Waals surface area contributed by atoms with Crippen LogP contribution in [0.15, 0.2) is 60.1 Å². The van der Waals surface area contributed by atoms with Crippen molar-refractivity contribution in [3.63, 3.8) is 0 Å². The van der Waals surface area contributed by atoms with Gasteiger partial charge in [-0.05, 0) is 85.5 Å². The summed E-state index contributed by atoms with van der Waals surface area (Å²) in [4.78, 5) is 20.4. The van der Waals surface area contributed by atoms with Crippen LogP contribution in [0.5, 0.6) is 46.0 Å². The zero-order valence-electron chi connectivity index (χ0n) is 33.5. The molecule has 296 valence electrons. The summed E-state index contributed by atoms with van der Waals surface area (Å²) in [6, 6.07) is 18.5. The molecule has 0 radical (unpaired) electrons. The molecule has 0 saturated carbocycles. The number of esters is 1. The molecule has 1 aromatic heterocycles. The maximum absolute atomic E-state index is 13.4. The predicted molar refractivity (Wildman–Crippen MR) is 218 cm³/mol. The number of fused-ring (bicyclic) bond motifs is 2. The van der Waals surface area contributed by atoms with E-state index in [0.717, 1.165) is 53.9 Å². The first-order chi connectivity index (χ1) is 27.7. The molecule has 9 rings (SSSR count). The van der Waals surface area contributed by atoms with Crippen molar-refractivity contribution in [2.45, 2.75) is 58.2 Å². The fraction of sp³-hybridized carbons (Fsp3) is 0.356. The van der Waals surface area contributed by atoms with Gasteiger partial charge in [0.15, 0.2) is 40.5 Å². The Bertz CT molecular complexity index is 2350. The fourth-order valence-electron chi connectivity index (χ4n) is 8.52. The molecular formula is C45H48N3O8S+. The van der Waals surface area contributed by atoms with Gasteiger partial charge in [-0.15, -0.1) is 11.3 Å². The van der Waals surface area contributed by atoms with Gasteiger partial charge in [0.2, 0.25) is 5.75 Å². The summed E-state index contributed by atoms with van der Waals surface area (Å²) in [5.74, 6) is 4.15. The third-order valence-electron chi connectivity index (χ3n) is 11.5. The molecule has 0 saturated heterocycles. The van der Waals surface area contributed by atoms with Crippen molar-refractivity contribution in [1.82, 2.24) is 9.88 Å². The summed E-state index contributed by atoms with van der Waals surface area (Å²) in [5.41, 5.74) is 9.54. The Balaban J connectivity index is 1.36. The Morgan fingerprint density at radius 3 is 2.37 bits per heavy atom. The number of ether oxygens (including phenoxy) is 7. The first-order valence-electron chi connectivity index (χ1n) is 19.2. The van der Waals surface area contributed by atoms with Gasteiger partial charge < -0.3 is 33.2 Å². The minimum atomic E-state index is -0.436. The van der Waals surface area contributed by atoms with E-state index >= 15 is 0 Å². The lowest BCUT2D eigenvalue weighted by Gasteiger charge is -2.38. The van der Waals surface area contributed by atoms with E-state index < -0.39 is 5.97 Å². The molecule has 5 heterocycles. The van der Waals surface area contributed by atoms with Crippen LogP contribution in [-0.2, 0) is 37.0 Å². The van der Waals surface area contributed by atoms with E-state index in [1.54, 1.807) is 40.9 Å². The third-order valence-corrected chi connectivity index (χ3v) is 12.4. The molecule has 0 aliphatic carbocycles. The van der Waals surface area contributed by atoms with E-state index in [-0.39, 0.29) is 18.7 Å². The minimum Gasteiger partial charge on any atom is -0.493 e. The average molecular weight is 791 g/mol. The Hall–Kier alpha value is -5.59. The monoisotopic (exact) mass is 790 g/mol. The van der Waals surface area contributed by atoms with Gasteiger partial charge in [-0.25, -0.2) is 14.4 Å². The number of benzene rings is 4. The molecule has 2 atom stereocenters. The van der Waals surface area contributed by atoms with Gasteiger partial charge in [0.05, 0.1) is 39.6 Å². The van der Waals surface area contributed by atoms with E-state index in [1.807, 2.05) is 24.3 Å². The lowest BCUT2D eigenvalue weighted by molar-refractivity contribution is -0.572. The molecule has 0 fully saturated rings. The molecule has 12 heteroatoms. The number of rotatable bonds is 7. The number of methoxy groups -OCH3 is 4. The SMILES string of the molecule is CC=[N+]1CCc2cc(OC)c3cc2C1Cc1ccc(cc1)Oc1cc(ccc1OC)CC1c2c(c(COC(=O)c4scnc4C)c(OC)c(OC)c2O3)CCN1C. The van der Waals surface area contributed by atoms with E-state index in [0.29, 0.717) is 63.7 Å². The Labute approximate surface area is 337 Å². The lowest BCUT2D eigenvalue weighted by atomic mass is 9.84. The van der Waals surface area contributed by atoms with E-state index in [9.17, 15) is 4.79 Å². The van der Waals surface area contributed by atoms with Gasteiger partial charge in [0.1, 0.15) is 30.0 Å². The Kier molecular flexibility index (Phi) is 10.8. The molecule has 0 N–H and O–H groups in total. The largest absolute Gasteiger partial charge is 0.493 e. The second-order valence-corrected chi connectivity index (χ2v) is 15.4. The highest BCUT2D eigenvalue weighted by atomic mass is 32.1. The standard InChI is InChI=1S/C45H48N3O8S/c1-8-48-18-15-29-22-37(51-5)39-23-32(29)34(48)19-27-9-12-30(13-10-27)55-38-21-28(11-14-36(38)50-4)20-35-40-31(16-17-47(35)3)33(41(52-6)43(53-7)42(40)56-39)24-54-45(49)44-26(2)46-25-57-44/h8-14,21-23,25,34-35H,15-20,24H2,1-7H3/q+1. The minimum absolute atomic E-state index is 0.0268. The van der Waals surface area contributed by atoms with Gasteiger partial charge in [0, 0.05) is 49.0 Å². The summed E-state index contributed by atoms with van der Waals surface area (Å²) >= 11 is 1.26. The van der Waals surface area contributed by atoms with Crippen LogP contribution >= 0.6 is 11.3 Å². The van der Waals surface area contributed by atoms with Crippen LogP contribution in [0.1, 0.15) is 73.3 Å². The first kappa shape index (κ1) is 38.3. The number of likely N-dealkylation sites (N-methyl/N-ethyl adjacent to an activating group) is 1. The molecule has 0 amide bonds. The second-order valence-electron chi connectivity index (χ2n) is 14.6. The number of carbonyl (C=O) groups excluding carboxylic acids is 1. The van der Waals surface area contributed by atoms with Crippen LogP contribution in [0, 0.1) is 6.92 Å². The summed E-state index contributed by atoms with van der Waals surface area (Å²) in [6.45, 7) is 5.49. The van der Waals surface area contributed by atoms with Gasteiger partial charge >= 0.3 is 5.97 Å². The maximum Gasteiger partial charge on any atom is 0.350 e. The molecule has 5 aromatic rings. The number of nitrogens with zero attached hydrogens (tertiary/aromatic N) is 3. The van der Waals surface area contributed by atoms with Crippen molar-refractivity contribution in [1.29, 1.82) is 0 Å². The highest BCUT2D eigenvalue weighted by molar-refractivity contribution is 7.11. The van der Waals surface area contributed by atoms with Crippen LogP contribution in [0.2, 0.25) is 0 Å². The number of carbonyl (C=O) groups is 1. The molecule has 6 bridgehead atoms. The predicted octanol–water partition coefficient (Wildman–Crippen LogP) is 8.46. The maximum atomic E-state index is 13.4. The van der Waals surface area contributed by atoms with Crippen LogP contribution in [0.4, 0.5) is 0 Å². The number of aromatic nitrogens is 1. The van der Waals surface area contributed by atoms with Gasteiger partial charge in [-0.3, -0.25) is 4.90 Å². The van der Waals surface area contributed by atoms with Crippen LogP contribution in [0.3, 0.4) is 0 Å². The third kappa shape index (κ3) is 7.16. The van der Waals surface area contributed by atoms with E-state index in [4.69, 9.17) is 33.2 Å². The average Bonchev–Trinajstić information content (AvgIpc) is 3.67. The molecule has 2 unspecified atom stereocenters. The Morgan fingerprint density at radius 1 is 0.912 bits per heavy atom. The van der Waals surface area contributed by atoms with Crippen molar-refractivity contribution in [3.05, 3.63) is 110 Å². The molecule has 4 aliphatic rings. The number of aryl methyl sites for hydroxylation is 1. The zero-order valence-corrected chi connectivity index (χ0v) is 34.3. The summed E-state index contributed by atoms with van der Waals surface area (Å²) in [5, 5.41) is 0. The zero-order chi connectivity index (χ0) is 39.8. The highest BCUT2D eigenvalue weighted by Gasteiger charge is 2.38. The normalized spacial score (nSPS) is 18.1.